The van der Waals surface area contributed by atoms with Crippen LogP contribution in [0.2, 0.25) is 0 Å². The Morgan fingerprint density at radius 2 is 1.79 bits per heavy atom. The summed E-state index contributed by atoms with van der Waals surface area (Å²) < 4.78 is 13.9. The predicted molar refractivity (Wildman–Crippen MR) is 127 cm³/mol. The Labute approximate surface area is 185 Å². The molecule has 0 fully saturated rings. The average Bonchev–Trinajstić information content (AvgIpc) is 2.66. The largest absolute Gasteiger partial charge is 0.353 e. The molecule has 0 saturated heterocycles. The van der Waals surface area contributed by atoms with Crippen LogP contribution in [0.15, 0.2) is 53.5 Å². The monoisotopic (exact) mass is 498 g/mol. The van der Waals surface area contributed by atoms with Crippen LogP contribution in [0.4, 0.5) is 4.39 Å². The Bertz CT molecular complexity index is 749. The number of aliphatic imine (C=N–C) groups is 1. The summed E-state index contributed by atoms with van der Waals surface area (Å²) in [7, 11) is 5.63. The molecule has 0 heterocycles. The highest BCUT2D eigenvalue weighted by molar-refractivity contribution is 14.0. The van der Waals surface area contributed by atoms with Crippen molar-refractivity contribution in [1.82, 2.24) is 15.5 Å². The molecule has 2 aromatic carbocycles. The van der Waals surface area contributed by atoms with Gasteiger partial charge in [-0.1, -0.05) is 43.3 Å². The van der Waals surface area contributed by atoms with Gasteiger partial charge in [0.2, 0.25) is 0 Å². The van der Waals surface area contributed by atoms with Crippen LogP contribution < -0.4 is 10.6 Å². The summed E-state index contributed by atoms with van der Waals surface area (Å²) in [5, 5.41) is 6.78. The molecule has 0 saturated carbocycles. The van der Waals surface area contributed by atoms with Gasteiger partial charge in [0.05, 0.1) is 0 Å². The molecule has 2 N–H and O–H groups in total. The van der Waals surface area contributed by atoms with Gasteiger partial charge in [-0.05, 0) is 44.3 Å². The van der Waals surface area contributed by atoms with Crippen molar-refractivity contribution in [3.63, 3.8) is 0 Å². The van der Waals surface area contributed by atoms with E-state index in [0.717, 1.165) is 11.5 Å². The van der Waals surface area contributed by atoms with Crippen molar-refractivity contribution >= 4 is 29.9 Å². The fourth-order valence-electron chi connectivity index (χ4n) is 2.97. The molecule has 2 unspecified atom stereocenters. The van der Waals surface area contributed by atoms with Crippen molar-refractivity contribution in [2.45, 2.75) is 38.9 Å². The quantitative estimate of drug-likeness (QED) is 0.339. The maximum atomic E-state index is 13.9. The fraction of sp³-hybridized carbons (Fsp3) is 0.409. The van der Waals surface area contributed by atoms with Gasteiger partial charge >= 0.3 is 0 Å². The maximum Gasteiger partial charge on any atom is 0.191 e. The lowest BCUT2D eigenvalue weighted by Crippen LogP contribution is -2.43. The summed E-state index contributed by atoms with van der Waals surface area (Å²) in [6.45, 7) is 5.52. The van der Waals surface area contributed by atoms with Crippen molar-refractivity contribution in [2.24, 2.45) is 4.99 Å². The van der Waals surface area contributed by atoms with Crippen LogP contribution >= 0.6 is 24.0 Å². The molecular weight excluding hydrogens is 466 g/mol. The Morgan fingerprint density at radius 3 is 2.39 bits per heavy atom. The van der Waals surface area contributed by atoms with Gasteiger partial charge in [-0.25, -0.2) is 4.39 Å². The topological polar surface area (TPSA) is 39.7 Å². The van der Waals surface area contributed by atoms with Gasteiger partial charge in [0.1, 0.15) is 5.82 Å². The Kier molecular flexibility index (Phi) is 10.5. The lowest BCUT2D eigenvalue weighted by Gasteiger charge is -2.24. The molecule has 6 heteroatoms. The molecule has 0 radical (unpaired) electrons. The van der Waals surface area contributed by atoms with Crippen molar-refractivity contribution in [3.8, 4) is 0 Å². The fourth-order valence-corrected chi connectivity index (χ4v) is 2.97. The number of nitrogens with zero attached hydrogens (tertiary/aromatic N) is 2. The number of nitrogens with one attached hydrogen (secondary N) is 2. The van der Waals surface area contributed by atoms with E-state index in [9.17, 15) is 4.39 Å². The maximum absolute atomic E-state index is 13.9. The van der Waals surface area contributed by atoms with Gasteiger partial charge in [0, 0.05) is 37.7 Å². The molecule has 4 nitrogen and oxygen atoms in total. The predicted octanol–water partition coefficient (Wildman–Crippen LogP) is 4.36. The SMILES string of the molecule is CN=C(NCc1ccc(F)c(CN(C)C)c1)NC(C)C(C)c1ccccc1.I. The van der Waals surface area contributed by atoms with E-state index in [1.165, 1.54) is 11.6 Å². The number of hydrogen-bond donors (Lipinski definition) is 2. The molecule has 28 heavy (non-hydrogen) atoms. The van der Waals surface area contributed by atoms with E-state index in [1.807, 2.05) is 37.2 Å². The third-order valence-corrected chi connectivity index (χ3v) is 4.72. The lowest BCUT2D eigenvalue weighted by atomic mass is 9.94. The molecule has 0 aliphatic carbocycles. The van der Waals surface area contributed by atoms with Crippen molar-refractivity contribution in [2.75, 3.05) is 21.1 Å². The molecule has 0 amide bonds. The second-order valence-corrected chi connectivity index (χ2v) is 7.22. The second kappa shape index (κ2) is 12.0. The number of hydrogen-bond acceptors (Lipinski definition) is 2. The third kappa shape index (κ3) is 7.39. The van der Waals surface area contributed by atoms with E-state index >= 15 is 0 Å². The summed E-state index contributed by atoms with van der Waals surface area (Å²) in [6.07, 6.45) is 0. The van der Waals surface area contributed by atoms with Crippen LogP contribution in [0.1, 0.15) is 36.5 Å². The molecule has 0 aromatic heterocycles. The first-order valence-corrected chi connectivity index (χ1v) is 9.35. The molecule has 2 rings (SSSR count). The van der Waals surface area contributed by atoms with E-state index in [-0.39, 0.29) is 35.8 Å². The minimum absolute atomic E-state index is 0. The zero-order chi connectivity index (χ0) is 19.8. The first-order valence-electron chi connectivity index (χ1n) is 9.35. The Morgan fingerprint density at radius 1 is 1.11 bits per heavy atom. The number of halogens is 2. The Balaban J connectivity index is 0.00000392. The van der Waals surface area contributed by atoms with Crippen LogP contribution in [0.3, 0.4) is 0 Å². The van der Waals surface area contributed by atoms with Crippen LogP contribution in [0.5, 0.6) is 0 Å². The summed E-state index contributed by atoms with van der Waals surface area (Å²) >= 11 is 0. The molecule has 154 valence electrons. The molecule has 0 aliphatic heterocycles. The molecule has 2 atom stereocenters. The zero-order valence-electron chi connectivity index (χ0n) is 17.4. The molecular formula is C22H32FIN4. The van der Waals surface area contributed by atoms with Crippen molar-refractivity contribution in [1.29, 1.82) is 0 Å². The summed E-state index contributed by atoms with van der Waals surface area (Å²) in [5.41, 5.74) is 3.02. The highest BCUT2D eigenvalue weighted by Gasteiger charge is 2.15. The average molecular weight is 498 g/mol. The highest BCUT2D eigenvalue weighted by atomic mass is 127. The first-order chi connectivity index (χ1) is 12.9. The van der Waals surface area contributed by atoms with E-state index in [4.69, 9.17) is 0 Å². The van der Waals surface area contributed by atoms with Gasteiger partial charge in [0.15, 0.2) is 5.96 Å². The van der Waals surface area contributed by atoms with Crippen LogP contribution in [-0.2, 0) is 13.1 Å². The molecule has 2 aromatic rings. The highest BCUT2D eigenvalue weighted by Crippen LogP contribution is 2.18. The van der Waals surface area contributed by atoms with E-state index in [1.54, 1.807) is 7.05 Å². The van der Waals surface area contributed by atoms with Gasteiger partial charge in [-0.15, -0.1) is 24.0 Å². The van der Waals surface area contributed by atoms with E-state index in [0.29, 0.717) is 24.6 Å². The molecule has 0 bridgehead atoms. The number of rotatable bonds is 7. The first kappa shape index (κ1) is 24.4. The third-order valence-electron chi connectivity index (χ3n) is 4.72. The minimum Gasteiger partial charge on any atom is -0.353 e. The number of guanidine groups is 1. The van der Waals surface area contributed by atoms with Crippen molar-refractivity contribution < 1.29 is 4.39 Å². The van der Waals surface area contributed by atoms with Gasteiger partial charge in [-0.3, -0.25) is 4.99 Å². The van der Waals surface area contributed by atoms with Gasteiger partial charge < -0.3 is 15.5 Å². The summed E-state index contributed by atoms with van der Waals surface area (Å²) in [4.78, 5) is 6.28. The Hall–Kier alpha value is -1.67. The number of benzene rings is 2. The molecule has 0 spiro atoms. The normalized spacial score (nSPS) is 13.6. The van der Waals surface area contributed by atoms with Crippen LogP contribution in [0, 0.1) is 5.82 Å². The van der Waals surface area contributed by atoms with Gasteiger partial charge in [0.25, 0.3) is 0 Å². The van der Waals surface area contributed by atoms with Crippen molar-refractivity contribution in [3.05, 3.63) is 71.0 Å². The summed E-state index contributed by atoms with van der Waals surface area (Å²) in [6, 6.07) is 15.9. The minimum atomic E-state index is -0.166. The standard InChI is InChI=1S/C22H31FN4.HI/c1-16(19-9-7-6-8-10-19)17(2)26-22(24-3)25-14-18-11-12-21(23)20(13-18)15-27(4)5;/h6-13,16-17H,14-15H2,1-5H3,(H2,24,25,26);1H. The smallest absolute Gasteiger partial charge is 0.191 e. The van der Waals surface area contributed by atoms with E-state index < -0.39 is 0 Å². The molecule has 0 aliphatic rings. The van der Waals surface area contributed by atoms with Crippen LogP contribution in [0.25, 0.3) is 0 Å². The van der Waals surface area contributed by atoms with Crippen LogP contribution in [-0.4, -0.2) is 38.0 Å². The second-order valence-electron chi connectivity index (χ2n) is 7.22. The van der Waals surface area contributed by atoms with E-state index in [2.05, 4.69) is 53.7 Å². The van der Waals surface area contributed by atoms with Gasteiger partial charge in [-0.2, -0.15) is 0 Å². The zero-order valence-corrected chi connectivity index (χ0v) is 19.7. The summed E-state index contributed by atoms with van der Waals surface area (Å²) in [5.74, 6) is 0.922. The lowest BCUT2D eigenvalue weighted by molar-refractivity contribution is 0.392.